The number of likely N-dealkylation sites (tertiary alicyclic amines) is 1. The van der Waals surface area contributed by atoms with Gasteiger partial charge in [-0.2, -0.15) is 0 Å². The summed E-state index contributed by atoms with van der Waals surface area (Å²) in [6.45, 7) is 9.50. The first kappa shape index (κ1) is 30.2. The minimum atomic E-state index is -0.747. The Morgan fingerprint density at radius 3 is 2.53 bits per heavy atom. The summed E-state index contributed by atoms with van der Waals surface area (Å²) >= 11 is 0. The zero-order chi connectivity index (χ0) is 27.7. The van der Waals surface area contributed by atoms with Crippen molar-refractivity contribution in [2.24, 2.45) is 5.92 Å². The van der Waals surface area contributed by atoms with E-state index >= 15 is 0 Å². The van der Waals surface area contributed by atoms with Crippen LogP contribution in [0.5, 0.6) is 0 Å². The fraction of sp³-hybridized carbons (Fsp3) is 0.767. The summed E-state index contributed by atoms with van der Waals surface area (Å²) in [5.41, 5.74) is 0.829. The molecule has 3 amide bonds. The second-order valence-electron chi connectivity index (χ2n) is 12.2. The van der Waals surface area contributed by atoms with Gasteiger partial charge in [0.15, 0.2) is 0 Å². The third-order valence-corrected chi connectivity index (χ3v) is 8.09. The maximum Gasteiger partial charge on any atom is 0.410 e. The fourth-order valence-corrected chi connectivity index (χ4v) is 5.69. The third-order valence-electron chi connectivity index (χ3n) is 8.09. The zero-order valence-corrected chi connectivity index (χ0v) is 24.3. The molecule has 0 unspecified atom stereocenters. The summed E-state index contributed by atoms with van der Waals surface area (Å²) in [6.07, 6.45) is 16.5. The number of amides is 3. The number of rotatable bonds is 10. The first-order valence-corrected chi connectivity index (χ1v) is 14.7. The van der Waals surface area contributed by atoms with Gasteiger partial charge in [-0.25, -0.2) is 4.79 Å². The highest BCUT2D eigenvalue weighted by molar-refractivity contribution is 5.91. The van der Waals surface area contributed by atoms with Gasteiger partial charge in [-0.05, 0) is 85.1 Å². The van der Waals surface area contributed by atoms with Crippen molar-refractivity contribution in [2.45, 2.75) is 116 Å². The Kier molecular flexibility index (Phi) is 11.2. The van der Waals surface area contributed by atoms with Crippen LogP contribution in [0, 0.1) is 5.92 Å². The molecule has 0 bridgehead atoms. The molecule has 0 aromatic carbocycles. The molecule has 1 heterocycles. The van der Waals surface area contributed by atoms with E-state index in [0.29, 0.717) is 0 Å². The summed E-state index contributed by atoms with van der Waals surface area (Å²) in [5, 5.41) is 6.66. The molecular weight excluding hydrogens is 480 g/mol. The van der Waals surface area contributed by atoms with Crippen molar-refractivity contribution in [3.05, 3.63) is 23.8 Å². The largest absolute Gasteiger partial charge is 0.444 e. The van der Waals surface area contributed by atoms with E-state index in [2.05, 4.69) is 28.9 Å². The number of nitrogens with one attached hydrogen (secondary N) is 2. The summed E-state index contributed by atoms with van der Waals surface area (Å²) in [6, 6.07) is -1.16. The molecule has 3 aliphatic rings. The Morgan fingerprint density at radius 1 is 1.13 bits per heavy atom. The number of carbonyl (C=O) groups excluding carboxylic acids is 3. The molecule has 2 N–H and O–H groups in total. The van der Waals surface area contributed by atoms with E-state index in [1.807, 2.05) is 4.90 Å². The molecule has 8 nitrogen and oxygen atoms in total. The van der Waals surface area contributed by atoms with E-state index in [1.54, 1.807) is 34.7 Å². The van der Waals surface area contributed by atoms with Crippen molar-refractivity contribution in [3.63, 3.8) is 0 Å². The van der Waals surface area contributed by atoms with E-state index in [1.165, 1.54) is 16.9 Å². The number of nitrogens with zero attached hydrogens (tertiary/aromatic N) is 2. The average molecular weight is 531 g/mol. The van der Waals surface area contributed by atoms with Gasteiger partial charge in [0.2, 0.25) is 11.8 Å². The van der Waals surface area contributed by atoms with E-state index < -0.39 is 23.8 Å². The van der Waals surface area contributed by atoms with Gasteiger partial charge < -0.3 is 20.3 Å². The average Bonchev–Trinajstić information content (AvgIpc) is 3.37. The molecule has 8 heteroatoms. The van der Waals surface area contributed by atoms with E-state index in [9.17, 15) is 14.4 Å². The van der Waals surface area contributed by atoms with Gasteiger partial charge in [-0.1, -0.05) is 43.1 Å². The Bertz CT molecular complexity index is 872. The molecule has 3 rings (SSSR count). The van der Waals surface area contributed by atoms with E-state index in [4.69, 9.17) is 4.74 Å². The number of carbonyl (C=O) groups is 3. The van der Waals surface area contributed by atoms with Crippen molar-refractivity contribution in [3.8, 4) is 0 Å². The van der Waals surface area contributed by atoms with Gasteiger partial charge in [0.05, 0.1) is 0 Å². The van der Waals surface area contributed by atoms with Crippen LogP contribution in [0.25, 0.3) is 0 Å². The summed E-state index contributed by atoms with van der Waals surface area (Å²) in [4.78, 5) is 43.1. The number of hydrogen-bond donors (Lipinski definition) is 2. The fourth-order valence-electron chi connectivity index (χ4n) is 5.69. The topological polar surface area (TPSA) is 91.0 Å². The smallest absolute Gasteiger partial charge is 0.410 e. The van der Waals surface area contributed by atoms with Crippen LogP contribution in [0.3, 0.4) is 0 Å². The van der Waals surface area contributed by atoms with Crippen molar-refractivity contribution >= 4 is 17.9 Å². The maximum absolute atomic E-state index is 13.9. The molecule has 2 aliphatic carbocycles. The first-order valence-electron chi connectivity index (χ1n) is 14.7. The highest BCUT2D eigenvalue weighted by atomic mass is 16.6. The second-order valence-corrected chi connectivity index (χ2v) is 12.2. The van der Waals surface area contributed by atoms with E-state index in [0.717, 1.165) is 77.4 Å². The molecule has 214 valence electrons. The number of likely N-dealkylation sites (N-methyl/N-ethyl adjacent to an activating group) is 1. The minimum Gasteiger partial charge on any atom is -0.444 e. The molecule has 3 atom stereocenters. The monoisotopic (exact) mass is 530 g/mol. The molecule has 1 saturated heterocycles. The second kappa shape index (κ2) is 14.2. The standard InChI is InChI=1S/C30H50N4O4/c1-22(33(5)29(37)38-30(2,3)4)27(35)32-26(24-15-10-7-11-16-24)28(36)34-20-12-17-25(34)21-31-19-18-23-13-8-6-9-14-23/h6,8,13,22,24-26,31H,7,9-12,14-21H2,1-5H3,(H,32,35)/t22-,25-,26-/m0/s1. The summed E-state index contributed by atoms with van der Waals surface area (Å²) in [5.74, 6) is -0.160. The van der Waals surface area contributed by atoms with Gasteiger partial charge >= 0.3 is 6.09 Å². The number of hydrogen-bond acceptors (Lipinski definition) is 5. The van der Waals surface area contributed by atoms with Gasteiger partial charge in [-0.15, -0.1) is 0 Å². The lowest BCUT2D eigenvalue weighted by Gasteiger charge is -2.36. The molecule has 2 fully saturated rings. The summed E-state index contributed by atoms with van der Waals surface area (Å²) in [7, 11) is 1.57. The lowest BCUT2D eigenvalue weighted by atomic mass is 9.83. The Balaban J connectivity index is 1.61. The Morgan fingerprint density at radius 2 is 1.87 bits per heavy atom. The molecule has 0 aromatic heterocycles. The van der Waals surface area contributed by atoms with Crippen LogP contribution in [0.4, 0.5) is 4.79 Å². The molecule has 0 radical (unpaired) electrons. The van der Waals surface area contributed by atoms with Crippen LogP contribution in [0.2, 0.25) is 0 Å². The predicted molar refractivity (Wildman–Crippen MR) is 151 cm³/mol. The molecule has 0 aromatic rings. The van der Waals surface area contributed by atoms with Crippen LogP contribution in [-0.4, -0.2) is 78.1 Å². The van der Waals surface area contributed by atoms with E-state index in [-0.39, 0.29) is 23.8 Å². The first-order chi connectivity index (χ1) is 18.1. The van der Waals surface area contributed by atoms with Crippen LogP contribution in [0.15, 0.2) is 23.8 Å². The van der Waals surface area contributed by atoms with Crippen molar-refractivity contribution in [1.82, 2.24) is 20.4 Å². The van der Waals surface area contributed by atoms with Crippen molar-refractivity contribution < 1.29 is 19.1 Å². The van der Waals surface area contributed by atoms with Crippen molar-refractivity contribution in [1.29, 1.82) is 0 Å². The zero-order valence-electron chi connectivity index (χ0n) is 24.3. The van der Waals surface area contributed by atoms with Gasteiger partial charge in [0.25, 0.3) is 0 Å². The minimum absolute atomic E-state index is 0.0294. The Labute approximate surface area is 229 Å². The molecule has 1 aliphatic heterocycles. The number of allylic oxidation sites excluding steroid dienone is 3. The highest BCUT2D eigenvalue weighted by Crippen LogP contribution is 2.29. The van der Waals surface area contributed by atoms with Gasteiger partial charge in [0.1, 0.15) is 17.7 Å². The highest BCUT2D eigenvalue weighted by Gasteiger charge is 2.39. The molecule has 38 heavy (non-hydrogen) atoms. The third kappa shape index (κ3) is 8.85. The van der Waals surface area contributed by atoms with Crippen LogP contribution < -0.4 is 10.6 Å². The van der Waals surface area contributed by atoms with Crippen molar-refractivity contribution in [2.75, 3.05) is 26.7 Å². The van der Waals surface area contributed by atoms with Crippen LogP contribution >= 0.6 is 0 Å². The normalized spacial score (nSPS) is 22.0. The Hall–Kier alpha value is -2.35. The lowest BCUT2D eigenvalue weighted by Crippen LogP contribution is -2.58. The van der Waals surface area contributed by atoms with Crippen LogP contribution in [0.1, 0.15) is 91.9 Å². The molecule has 0 spiro atoms. The SMILES string of the molecule is C[C@@H](C(=O)N[C@H](C(=O)N1CCC[C@H]1CNCCC1=CC=CCC1)C1CCCCC1)N(C)C(=O)OC(C)(C)C. The van der Waals surface area contributed by atoms with Gasteiger partial charge in [-0.3, -0.25) is 14.5 Å². The summed E-state index contributed by atoms with van der Waals surface area (Å²) < 4.78 is 5.44. The lowest BCUT2D eigenvalue weighted by molar-refractivity contribution is -0.140. The van der Waals surface area contributed by atoms with Crippen LogP contribution in [-0.2, 0) is 14.3 Å². The molecule has 1 saturated carbocycles. The molecular formula is C30H50N4O4. The predicted octanol–water partition coefficient (Wildman–Crippen LogP) is 4.55. The maximum atomic E-state index is 13.9. The quantitative estimate of drug-likeness (QED) is 0.404. The number of ether oxygens (including phenoxy) is 1. The van der Waals surface area contributed by atoms with Gasteiger partial charge in [0, 0.05) is 26.2 Å².